The summed E-state index contributed by atoms with van der Waals surface area (Å²) in [6.45, 7) is 3.83. The van der Waals surface area contributed by atoms with Gasteiger partial charge in [0.2, 0.25) is 25.6 Å². The fourth-order valence-corrected chi connectivity index (χ4v) is 9.98. The summed E-state index contributed by atoms with van der Waals surface area (Å²) in [4.78, 5) is 14.4. The highest BCUT2D eigenvalue weighted by Gasteiger charge is 2.41. The quantitative estimate of drug-likeness (QED) is 0.277. The Kier molecular flexibility index (Phi) is 7.61. The normalized spacial score (nSPS) is 15.8. The minimum absolute atomic E-state index is 0.0135. The van der Waals surface area contributed by atoms with Gasteiger partial charge in [-0.05, 0) is 55.3 Å². The van der Waals surface area contributed by atoms with Gasteiger partial charge in [-0.3, -0.25) is 9.36 Å². The molecule has 0 fully saturated rings. The molecule has 0 spiro atoms. The Morgan fingerprint density at radius 1 is 0.705 bits per heavy atom. The predicted octanol–water partition coefficient (Wildman–Crippen LogP) is 5.02. The lowest BCUT2D eigenvalue weighted by atomic mass is 10.1. The SMILES string of the molecule is Cc1ccc(/C=c2\c(N)c(S(=O)(=O)c3ccccc3)n3c2=C(S(=O)(=O)c2ccccc2)SC(c2ccc(C)cc2)C3=O)cc1. The first kappa shape index (κ1) is 29.7. The second kappa shape index (κ2) is 11.3. The van der Waals surface area contributed by atoms with Gasteiger partial charge in [0.1, 0.15) is 9.49 Å². The molecule has 4 aromatic carbocycles. The van der Waals surface area contributed by atoms with E-state index in [1.807, 2.05) is 50.2 Å². The molecule has 0 radical (unpaired) electrons. The molecule has 0 saturated carbocycles. The average Bonchev–Trinajstić information content (AvgIpc) is 3.32. The Morgan fingerprint density at radius 3 is 1.75 bits per heavy atom. The van der Waals surface area contributed by atoms with Gasteiger partial charge < -0.3 is 5.73 Å². The van der Waals surface area contributed by atoms with Crippen LogP contribution in [-0.2, 0) is 19.7 Å². The van der Waals surface area contributed by atoms with Crippen LogP contribution in [0.1, 0.15) is 32.3 Å². The van der Waals surface area contributed by atoms with E-state index in [0.29, 0.717) is 11.1 Å². The number of hydrogen-bond donors (Lipinski definition) is 1. The van der Waals surface area contributed by atoms with Gasteiger partial charge >= 0.3 is 0 Å². The highest BCUT2D eigenvalue weighted by molar-refractivity contribution is 8.26. The molecular formula is C34H28N2O5S3. The van der Waals surface area contributed by atoms with Crippen LogP contribution in [-0.4, -0.2) is 27.3 Å². The zero-order valence-corrected chi connectivity index (χ0v) is 26.3. The van der Waals surface area contributed by atoms with Gasteiger partial charge in [-0.2, -0.15) is 0 Å². The lowest BCUT2D eigenvalue weighted by Crippen LogP contribution is -2.42. The van der Waals surface area contributed by atoms with Crippen molar-refractivity contribution in [1.82, 2.24) is 4.57 Å². The standard InChI is InChI=1S/C34H28N2O5S3/c1-22-13-17-24(18-14-22)21-28-29(35)33(43(38,39)26-9-5-3-6-10-26)36-30(28)34(44(40,41)27-11-7-4-8-12-27)42-31(32(36)37)25-19-15-23(2)16-20-25/h3-21,31H,35H2,1-2H3/b28-21+. The van der Waals surface area contributed by atoms with Crippen molar-refractivity contribution in [1.29, 1.82) is 0 Å². The van der Waals surface area contributed by atoms with Gasteiger partial charge in [-0.15, -0.1) is 0 Å². The summed E-state index contributed by atoms with van der Waals surface area (Å²) in [6.07, 6.45) is 1.63. The number of aryl methyl sites for hydroxylation is 2. The Balaban J connectivity index is 1.80. The van der Waals surface area contributed by atoms with Gasteiger partial charge in [0.15, 0.2) is 5.03 Å². The molecule has 1 atom stereocenters. The van der Waals surface area contributed by atoms with Crippen LogP contribution >= 0.6 is 11.8 Å². The Bertz CT molecular complexity index is 2240. The van der Waals surface area contributed by atoms with Crippen molar-refractivity contribution in [2.24, 2.45) is 0 Å². The first-order valence-electron chi connectivity index (χ1n) is 13.7. The maximum Gasteiger partial charge on any atom is 0.250 e. The number of benzene rings is 4. The van der Waals surface area contributed by atoms with E-state index in [1.54, 1.807) is 54.6 Å². The lowest BCUT2D eigenvalue weighted by Gasteiger charge is -2.24. The number of anilines is 1. The third kappa shape index (κ3) is 5.08. The number of thioether (sulfide) groups is 1. The maximum atomic E-state index is 14.5. The van der Waals surface area contributed by atoms with E-state index in [-0.39, 0.29) is 30.3 Å². The monoisotopic (exact) mass is 640 g/mol. The average molecular weight is 641 g/mol. The van der Waals surface area contributed by atoms with Crippen molar-refractivity contribution < 1.29 is 21.6 Å². The maximum absolute atomic E-state index is 14.5. The molecule has 222 valence electrons. The molecule has 1 aromatic heterocycles. The molecule has 1 aliphatic rings. The molecule has 0 aliphatic carbocycles. The van der Waals surface area contributed by atoms with E-state index in [2.05, 4.69) is 0 Å². The number of nitrogens with two attached hydrogens (primary N) is 1. The summed E-state index contributed by atoms with van der Waals surface area (Å²) < 4.78 is 58.2. The molecule has 2 heterocycles. The fraction of sp³-hybridized carbons (Fsp3) is 0.0882. The molecule has 1 aliphatic heterocycles. The van der Waals surface area contributed by atoms with Gasteiger partial charge in [0.05, 0.1) is 20.8 Å². The molecule has 1 unspecified atom stereocenters. The van der Waals surface area contributed by atoms with Crippen LogP contribution in [0.15, 0.2) is 124 Å². The largest absolute Gasteiger partial charge is 0.396 e. The van der Waals surface area contributed by atoms with E-state index < -0.39 is 35.9 Å². The third-order valence-electron chi connectivity index (χ3n) is 7.44. The predicted molar refractivity (Wildman–Crippen MR) is 174 cm³/mol. The van der Waals surface area contributed by atoms with Crippen molar-refractivity contribution in [2.75, 3.05) is 5.73 Å². The van der Waals surface area contributed by atoms with Gasteiger partial charge in [-0.1, -0.05) is 108 Å². The third-order valence-corrected chi connectivity index (χ3v) is 12.9. The number of nitrogen functional groups attached to an aromatic ring is 1. The Morgan fingerprint density at radius 2 is 1.20 bits per heavy atom. The first-order chi connectivity index (χ1) is 21.0. The number of fused-ring (bicyclic) bond motifs is 1. The number of nitrogens with zero attached hydrogens (tertiary/aromatic N) is 1. The number of rotatable bonds is 6. The topological polar surface area (TPSA) is 116 Å². The highest BCUT2D eigenvalue weighted by atomic mass is 32.3. The minimum Gasteiger partial charge on any atom is -0.396 e. The number of carbonyl (C=O) groups is 1. The van der Waals surface area contributed by atoms with Gasteiger partial charge in [-0.25, -0.2) is 16.8 Å². The second-order valence-electron chi connectivity index (χ2n) is 10.5. The van der Waals surface area contributed by atoms with Crippen molar-refractivity contribution in [2.45, 2.75) is 33.9 Å². The van der Waals surface area contributed by atoms with Crippen LogP contribution in [0.5, 0.6) is 0 Å². The van der Waals surface area contributed by atoms with Crippen LogP contribution in [0.3, 0.4) is 0 Å². The zero-order chi connectivity index (χ0) is 31.2. The number of carbonyl (C=O) groups excluding carboxylic acids is 1. The summed E-state index contributed by atoms with van der Waals surface area (Å²) in [5, 5.41) is -1.44. The Labute approximate surface area is 260 Å². The van der Waals surface area contributed by atoms with Crippen molar-refractivity contribution in [3.8, 4) is 0 Å². The number of hydrogen-bond acceptors (Lipinski definition) is 7. The smallest absolute Gasteiger partial charge is 0.250 e. The van der Waals surface area contributed by atoms with E-state index in [4.69, 9.17) is 5.73 Å². The van der Waals surface area contributed by atoms with Crippen molar-refractivity contribution >= 4 is 53.3 Å². The number of aromatic nitrogens is 1. The first-order valence-corrected chi connectivity index (χ1v) is 17.6. The van der Waals surface area contributed by atoms with Crippen LogP contribution in [0, 0.1) is 13.8 Å². The van der Waals surface area contributed by atoms with Crippen molar-refractivity contribution in [3.63, 3.8) is 0 Å². The molecule has 2 N–H and O–H groups in total. The summed E-state index contributed by atoms with van der Waals surface area (Å²) in [5.41, 5.74) is 9.65. The van der Waals surface area contributed by atoms with Gasteiger partial charge in [0.25, 0.3) is 0 Å². The van der Waals surface area contributed by atoms with E-state index in [0.717, 1.165) is 27.5 Å². The summed E-state index contributed by atoms with van der Waals surface area (Å²) in [5.74, 6) is -0.606. The fourth-order valence-electron chi connectivity index (χ4n) is 5.13. The molecule has 0 bridgehead atoms. The summed E-state index contributed by atoms with van der Waals surface area (Å²) >= 11 is 0.887. The minimum atomic E-state index is -4.39. The summed E-state index contributed by atoms with van der Waals surface area (Å²) in [6, 6.07) is 30.1. The molecule has 44 heavy (non-hydrogen) atoms. The molecule has 6 rings (SSSR count). The van der Waals surface area contributed by atoms with E-state index >= 15 is 0 Å². The molecule has 5 aromatic rings. The molecule has 0 saturated heterocycles. The number of sulfone groups is 2. The highest BCUT2D eigenvalue weighted by Crippen LogP contribution is 2.44. The molecule has 7 nitrogen and oxygen atoms in total. The lowest BCUT2D eigenvalue weighted by molar-refractivity contribution is 0.0895. The van der Waals surface area contributed by atoms with E-state index in [9.17, 15) is 21.6 Å². The molecule has 10 heteroatoms. The van der Waals surface area contributed by atoms with E-state index in [1.165, 1.54) is 24.3 Å². The van der Waals surface area contributed by atoms with Crippen LogP contribution < -0.4 is 16.3 Å². The van der Waals surface area contributed by atoms with Crippen molar-refractivity contribution in [3.05, 3.63) is 142 Å². The zero-order valence-electron chi connectivity index (χ0n) is 23.8. The molecular weight excluding hydrogens is 613 g/mol. The molecule has 0 amide bonds. The summed E-state index contributed by atoms with van der Waals surface area (Å²) in [7, 11) is -8.64. The van der Waals surface area contributed by atoms with Crippen LogP contribution in [0.4, 0.5) is 5.69 Å². The van der Waals surface area contributed by atoms with Gasteiger partial charge in [0, 0.05) is 5.22 Å². The second-order valence-corrected chi connectivity index (χ2v) is 15.7. The van der Waals surface area contributed by atoms with Crippen LogP contribution in [0.25, 0.3) is 10.3 Å². The Hall–Kier alpha value is -4.38. The van der Waals surface area contributed by atoms with Crippen LogP contribution in [0.2, 0.25) is 0 Å².